The second kappa shape index (κ2) is 4.19. The van der Waals surface area contributed by atoms with Gasteiger partial charge in [0.25, 0.3) is 0 Å². The van der Waals surface area contributed by atoms with Crippen LogP contribution in [0.25, 0.3) is 11.3 Å². The topological polar surface area (TPSA) is 3.88 Å². The molecule has 0 spiro atoms. The van der Waals surface area contributed by atoms with Crippen LogP contribution < -0.4 is 4.57 Å². The SMILES string of the molecule is [2H]C([2H])([2H])c1cc(C)c2c(c1)C(C)(C)C(C)(C)c1ccc[n+](C)c1-2. The number of hydrogen-bond donors (Lipinski definition) is 0. The molecule has 1 aromatic carbocycles. The molecule has 1 aromatic heterocycles. The summed E-state index contributed by atoms with van der Waals surface area (Å²) in [7, 11) is 2.06. The van der Waals surface area contributed by atoms with Crippen LogP contribution in [0.1, 0.15) is 54.1 Å². The maximum atomic E-state index is 7.83. The summed E-state index contributed by atoms with van der Waals surface area (Å²) < 4.78 is 25.7. The van der Waals surface area contributed by atoms with Crippen molar-refractivity contribution in [3.63, 3.8) is 0 Å². The van der Waals surface area contributed by atoms with E-state index in [4.69, 9.17) is 4.11 Å². The number of fused-ring (bicyclic) bond motifs is 3. The minimum atomic E-state index is -2.08. The van der Waals surface area contributed by atoms with Gasteiger partial charge in [-0.05, 0) is 36.4 Å². The average Bonchev–Trinajstić information content (AvgIpc) is 2.44. The summed E-state index contributed by atoms with van der Waals surface area (Å²) in [5.41, 5.74) is 6.03. The van der Waals surface area contributed by atoms with E-state index >= 15 is 0 Å². The number of benzene rings is 1. The lowest BCUT2D eigenvalue weighted by Crippen LogP contribution is -2.48. The monoisotopic (exact) mass is 283 g/mol. The first-order chi connectivity index (χ1) is 10.9. The van der Waals surface area contributed by atoms with Crippen molar-refractivity contribution in [2.75, 3.05) is 0 Å². The van der Waals surface area contributed by atoms with Gasteiger partial charge in [0.05, 0.1) is 5.56 Å². The van der Waals surface area contributed by atoms with Crippen LogP contribution in [0, 0.1) is 13.8 Å². The van der Waals surface area contributed by atoms with Gasteiger partial charge in [-0.2, -0.15) is 0 Å². The number of nitrogens with zero attached hydrogens (tertiary/aromatic N) is 1. The second-order valence-corrected chi connectivity index (χ2v) is 7.35. The summed E-state index contributed by atoms with van der Waals surface area (Å²) in [6.45, 7) is 8.91. The number of rotatable bonds is 0. The Hall–Kier alpha value is -1.63. The quantitative estimate of drug-likeness (QED) is 0.632. The summed E-state index contributed by atoms with van der Waals surface area (Å²) in [5.74, 6) is 0. The fraction of sp³-hybridized carbons (Fsp3) is 0.450. The Balaban J connectivity index is 2.48. The van der Waals surface area contributed by atoms with E-state index in [2.05, 4.69) is 57.6 Å². The van der Waals surface area contributed by atoms with E-state index in [9.17, 15) is 0 Å². The molecule has 0 amide bonds. The molecule has 0 atom stereocenters. The van der Waals surface area contributed by atoms with Gasteiger partial charge in [0.2, 0.25) is 5.69 Å². The van der Waals surface area contributed by atoms with Crippen molar-refractivity contribution in [3.05, 3.63) is 52.7 Å². The molecule has 2 aromatic rings. The van der Waals surface area contributed by atoms with Crippen molar-refractivity contribution in [2.45, 2.75) is 52.3 Å². The van der Waals surface area contributed by atoms with Crippen molar-refractivity contribution in [3.8, 4) is 11.3 Å². The largest absolute Gasteiger partial charge is 0.216 e. The Morgan fingerprint density at radius 1 is 1.05 bits per heavy atom. The summed E-state index contributed by atoms with van der Waals surface area (Å²) in [6.07, 6.45) is 2.06. The summed E-state index contributed by atoms with van der Waals surface area (Å²) in [6, 6.07) is 8.04. The lowest BCUT2D eigenvalue weighted by Gasteiger charge is -2.47. The van der Waals surface area contributed by atoms with Crippen LogP contribution in [0.5, 0.6) is 0 Å². The number of hydrogen-bond acceptors (Lipinski definition) is 0. The first-order valence-electron chi connectivity index (χ1n) is 9.04. The zero-order valence-corrected chi connectivity index (χ0v) is 13.8. The van der Waals surface area contributed by atoms with Crippen LogP contribution in [-0.4, -0.2) is 0 Å². The molecule has 0 unspecified atom stereocenters. The van der Waals surface area contributed by atoms with Crippen molar-refractivity contribution in [1.82, 2.24) is 0 Å². The standard InChI is InChI=1S/C20H26N/c1-13-11-14(2)17-16(12-13)20(5,6)19(3,4)15-9-8-10-21(7)18(15)17/h8-12H,1-7H3/q+1/i1D3. The molecular weight excluding hydrogens is 254 g/mol. The Labute approximate surface area is 132 Å². The van der Waals surface area contributed by atoms with Gasteiger partial charge in [-0.1, -0.05) is 45.4 Å². The van der Waals surface area contributed by atoms with E-state index in [1.54, 1.807) is 0 Å². The Morgan fingerprint density at radius 3 is 2.38 bits per heavy atom. The van der Waals surface area contributed by atoms with E-state index in [0.29, 0.717) is 5.56 Å². The van der Waals surface area contributed by atoms with Gasteiger partial charge >= 0.3 is 0 Å². The molecule has 0 fully saturated rings. The molecule has 0 bridgehead atoms. The summed E-state index contributed by atoms with van der Waals surface area (Å²) in [4.78, 5) is 0. The molecular formula is C20H26N+. The maximum Gasteiger partial charge on any atom is 0.216 e. The lowest BCUT2D eigenvalue weighted by molar-refractivity contribution is -0.661. The average molecular weight is 283 g/mol. The van der Waals surface area contributed by atoms with Gasteiger partial charge in [-0.3, -0.25) is 0 Å². The van der Waals surface area contributed by atoms with Gasteiger partial charge in [0, 0.05) is 21.2 Å². The van der Waals surface area contributed by atoms with Crippen LogP contribution in [0.3, 0.4) is 0 Å². The van der Waals surface area contributed by atoms with Crippen LogP contribution >= 0.6 is 0 Å². The highest BCUT2D eigenvalue weighted by atomic mass is 14.9. The second-order valence-electron chi connectivity index (χ2n) is 7.35. The molecule has 3 rings (SSSR count). The molecule has 1 aliphatic rings. The molecule has 1 nitrogen and oxygen atoms in total. The molecule has 0 N–H and O–H groups in total. The fourth-order valence-corrected chi connectivity index (χ4v) is 3.69. The smallest absolute Gasteiger partial charge is 0.201 e. The highest BCUT2D eigenvalue weighted by Gasteiger charge is 2.49. The van der Waals surface area contributed by atoms with E-state index < -0.39 is 6.85 Å². The van der Waals surface area contributed by atoms with Crippen LogP contribution in [0.4, 0.5) is 0 Å². The van der Waals surface area contributed by atoms with E-state index in [1.807, 2.05) is 19.1 Å². The normalized spacial score (nSPS) is 20.8. The minimum Gasteiger partial charge on any atom is -0.201 e. The van der Waals surface area contributed by atoms with E-state index in [0.717, 1.165) is 11.1 Å². The lowest BCUT2D eigenvalue weighted by atomic mass is 9.55. The molecule has 1 heterocycles. The maximum absolute atomic E-state index is 7.83. The first-order valence-corrected chi connectivity index (χ1v) is 7.54. The summed E-state index contributed by atoms with van der Waals surface area (Å²) in [5, 5.41) is 0. The Bertz CT molecular complexity index is 830. The molecule has 0 radical (unpaired) electrons. The zero-order valence-electron chi connectivity index (χ0n) is 16.8. The van der Waals surface area contributed by atoms with Crippen molar-refractivity contribution >= 4 is 0 Å². The van der Waals surface area contributed by atoms with Gasteiger partial charge in [-0.25, -0.2) is 4.57 Å². The van der Waals surface area contributed by atoms with Gasteiger partial charge in [0.1, 0.15) is 7.05 Å². The molecule has 0 saturated carbocycles. The fourth-order valence-electron chi connectivity index (χ4n) is 3.69. The molecule has 1 heteroatoms. The van der Waals surface area contributed by atoms with Crippen LogP contribution in [-0.2, 0) is 17.9 Å². The molecule has 21 heavy (non-hydrogen) atoms. The van der Waals surface area contributed by atoms with E-state index in [-0.39, 0.29) is 10.8 Å². The Kier molecular flexibility index (Phi) is 2.20. The predicted molar refractivity (Wildman–Crippen MR) is 88.6 cm³/mol. The predicted octanol–water partition coefficient (Wildman–Crippen LogP) is 4.36. The number of aryl methyl sites for hydroxylation is 3. The molecule has 1 aliphatic carbocycles. The third-order valence-electron chi connectivity index (χ3n) is 5.66. The van der Waals surface area contributed by atoms with Gasteiger partial charge < -0.3 is 0 Å². The van der Waals surface area contributed by atoms with Crippen LogP contribution in [0.15, 0.2) is 30.5 Å². The Morgan fingerprint density at radius 2 is 1.71 bits per heavy atom. The molecule has 110 valence electrons. The minimum absolute atomic E-state index is 0.103. The van der Waals surface area contributed by atoms with E-state index in [1.165, 1.54) is 16.8 Å². The summed E-state index contributed by atoms with van der Waals surface area (Å²) >= 11 is 0. The zero-order chi connectivity index (χ0) is 18.1. The van der Waals surface area contributed by atoms with Crippen molar-refractivity contribution < 1.29 is 8.68 Å². The number of aromatic nitrogens is 1. The highest BCUT2D eigenvalue weighted by Crippen LogP contribution is 2.53. The van der Waals surface area contributed by atoms with Crippen molar-refractivity contribution in [1.29, 1.82) is 0 Å². The van der Waals surface area contributed by atoms with Crippen molar-refractivity contribution in [2.24, 2.45) is 7.05 Å². The molecule has 0 aliphatic heterocycles. The first kappa shape index (κ1) is 11.0. The van der Waals surface area contributed by atoms with Crippen LogP contribution in [0.2, 0.25) is 0 Å². The van der Waals surface area contributed by atoms with Gasteiger partial charge in [0.15, 0.2) is 6.20 Å². The highest BCUT2D eigenvalue weighted by molar-refractivity contribution is 5.75. The molecule has 0 saturated heterocycles. The number of pyridine rings is 1. The van der Waals surface area contributed by atoms with Gasteiger partial charge in [-0.15, -0.1) is 0 Å². The third-order valence-corrected chi connectivity index (χ3v) is 5.66. The third kappa shape index (κ3) is 1.73.